The Kier molecular flexibility index (Phi) is 4.74. The van der Waals surface area contributed by atoms with Crippen LogP contribution in [0.25, 0.3) is 0 Å². The van der Waals surface area contributed by atoms with Gasteiger partial charge in [0.2, 0.25) is 0 Å². The van der Waals surface area contributed by atoms with Crippen LogP contribution in [0.2, 0.25) is 0 Å². The van der Waals surface area contributed by atoms with Gasteiger partial charge in [-0.05, 0) is 20.8 Å². The number of nitrogens with zero attached hydrogens (tertiary/aromatic N) is 5. The van der Waals surface area contributed by atoms with Crippen LogP contribution in [0.5, 0.6) is 0 Å². The lowest BCUT2D eigenvalue weighted by atomic mass is 10.2. The number of nitrogens with one attached hydrogen (secondary N) is 1. The number of guanidine groups is 1. The van der Waals surface area contributed by atoms with E-state index < -0.39 is 14.6 Å². The van der Waals surface area contributed by atoms with Crippen molar-refractivity contribution in [1.82, 2.24) is 25.0 Å². The number of sulfone groups is 1. The van der Waals surface area contributed by atoms with Crippen LogP contribution in [0.15, 0.2) is 11.3 Å². The normalized spacial score (nSPS) is 20.9. The molecule has 22 heavy (non-hydrogen) atoms. The number of aliphatic imine (C=N–C) groups is 1. The van der Waals surface area contributed by atoms with Crippen LogP contribution < -0.4 is 5.32 Å². The van der Waals surface area contributed by atoms with Crippen molar-refractivity contribution in [2.75, 3.05) is 25.4 Å². The lowest BCUT2D eigenvalue weighted by Crippen LogP contribution is -2.57. The topological polar surface area (TPSA) is 92.5 Å². The molecule has 1 aliphatic rings. The third-order valence-electron chi connectivity index (χ3n) is 3.85. The highest BCUT2D eigenvalue weighted by Crippen LogP contribution is 2.23. The molecule has 0 atom stereocenters. The van der Waals surface area contributed by atoms with Crippen molar-refractivity contribution >= 4 is 15.8 Å². The highest BCUT2D eigenvalue weighted by atomic mass is 32.2. The molecule has 0 unspecified atom stereocenters. The fourth-order valence-corrected chi connectivity index (χ4v) is 3.71. The minimum Gasteiger partial charge on any atom is -0.357 e. The molecule has 1 saturated heterocycles. The molecule has 124 valence electrons. The SMILES string of the molecule is CCNC(=NCc1nncn1C)N1CCS(=O)(=O)C(C)(C)C1. The average Bonchev–Trinajstić information content (AvgIpc) is 2.83. The Morgan fingerprint density at radius 3 is 2.77 bits per heavy atom. The standard InChI is InChI=1S/C13H24N6O2S/c1-5-14-12(15-8-11-17-16-10-18(11)4)19-6-7-22(20,21)13(2,3)9-19/h10H,5-9H2,1-4H3,(H,14,15). The van der Waals surface area contributed by atoms with Gasteiger partial charge in [0.05, 0.1) is 10.5 Å². The van der Waals surface area contributed by atoms with Gasteiger partial charge in [-0.25, -0.2) is 13.4 Å². The van der Waals surface area contributed by atoms with Crippen molar-refractivity contribution in [2.24, 2.45) is 12.0 Å². The number of aryl methyl sites for hydroxylation is 1. The van der Waals surface area contributed by atoms with Crippen LogP contribution in [0, 0.1) is 0 Å². The zero-order valence-electron chi connectivity index (χ0n) is 13.6. The Morgan fingerprint density at radius 1 is 1.50 bits per heavy atom. The van der Waals surface area contributed by atoms with Gasteiger partial charge in [-0.15, -0.1) is 10.2 Å². The molecule has 8 nitrogen and oxygen atoms in total. The summed E-state index contributed by atoms with van der Waals surface area (Å²) in [6, 6.07) is 0. The molecule has 0 bridgehead atoms. The second kappa shape index (κ2) is 6.23. The summed E-state index contributed by atoms with van der Waals surface area (Å²) in [4.78, 5) is 6.57. The van der Waals surface area contributed by atoms with Crippen LogP contribution in [0.4, 0.5) is 0 Å². The molecule has 2 heterocycles. The molecule has 0 saturated carbocycles. The molecule has 0 aromatic carbocycles. The molecule has 1 aromatic rings. The first-order valence-electron chi connectivity index (χ1n) is 7.35. The predicted octanol–water partition coefficient (Wildman–Crippen LogP) is -0.210. The quantitative estimate of drug-likeness (QED) is 0.610. The minimum absolute atomic E-state index is 0.147. The summed E-state index contributed by atoms with van der Waals surface area (Å²) >= 11 is 0. The number of hydrogen-bond donors (Lipinski definition) is 1. The summed E-state index contributed by atoms with van der Waals surface area (Å²) in [6.45, 7) is 7.53. The number of rotatable bonds is 3. The zero-order chi connectivity index (χ0) is 16.4. The van der Waals surface area contributed by atoms with E-state index in [0.717, 1.165) is 12.4 Å². The van der Waals surface area contributed by atoms with Gasteiger partial charge in [-0.3, -0.25) is 0 Å². The molecule has 1 aliphatic heterocycles. The molecule has 1 aromatic heterocycles. The monoisotopic (exact) mass is 328 g/mol. The summed E-state index contributed by atoms with van der Waals surface area (Å²) in [5.41, 5.74) is 0. The van der Waals surface area contributed by atoms with E-state index in [0.29, 0.717) is 25.6 Å². The smallest absolute Gasteiger partial charge is 0.194 e. The molecule has 2 rings (SSSR count). The lowest BCUT2D eigenvalue weighted by molar-refractivity contribution is 0.353. The Balaban J connectivity index is 2.16. The van der Waals surface area contributed by atoms with E-state index in [2.05, 4.69) is 20.5 Å². The first kappa shape index (κ1) is 16.7. The third-order valence-corrected chi connectivity index (χ3v) is 6.39. The van der Waals surface area contributed by atoms with Crippen molar-refractivity contribution in [2.45, 2.75) is 32.1 Å². The lowest BCUT2D eigenvalue weighted by Gasteiger charge is -2.39. The van der Waals surface area contributed by atoms with E-state index in [1.54, 1.807) is 20.2 Å². The Labute approximate surface area is 131 Å². The molecule has 0 spiro atoms. The van der Waals surface area contributed by atoms with Crippen LogP contribution in [-0.2, 0) is 23.4 Å². The Hall–Kier alpha value is -1.64. The summed E-state index contributed by atoms with van der Waals surface area (Å²) in [5.74, 6) is 1.63. The zero-order valence-corrected chi connectivity index (χ0v) is 14.4. The average molecular weight is 328 g/mol. The van der Waals surface area contributed by atoms with E-state index >= 15 is 0 Å². The molecule has 9 heteroatoms. The second-order valence-corrected chi connectivity index (χ2v) is 8.77. The van der Waals surface area contributed by atoms with Gasteiger partial charge in [0.25, 0.3) is 0 Å². The van der Waals surface area contributed by atoms with E-state index in [4.69, 9.17) is 0 Å². The Bertz CT molecular complexity index is 649. The maximum absolute atomic E-state index is 12.1. The first-order chi connectivity index (χ1) is 10.3. The van der Waals surface area contributed by atoms with Gasteiger partial charge >= 0.3 is 0 Å². The predicted molar refractivity (Wildman–Crippen MR) is 85.3 cm³/mol. The molecular weight excluding hydrogens is 304 g/mol. The van der Waals surface area contributed by atoms with E-state index in [9.17, 15) is 8.42 Å². The van der Waals surface area contributed by atoms with Crippen molar-refractivity contribution in [3.8, 4) is 0 Å². The molecule has 0 aliphatic carbocycles. The molecule has 0 amide bonds. The first-order valence-corrected chi connectivity index (χ1v) is 9.00. The van der Waals surface area contributed by atoms with E-state index in [1.165, 1.54) is 0 Å². The number of hydrogen-bond acceptors (Lipinski definition) is 5. The minimum atomic E-state index is -3.06. The van der Waals surface area contributed by atoms with Gasteiger partial charge < -0.3 is 14.8 Å². The maximum Gasteiger partial charge on any atom is 0.194 e. The molecule has 0 radical (unpaired) electrons. The summed E-state index contributed by atoms with van der Waals surface area (Å²) < 4.78 is 25.3. The van der Waals surface area contributed by atoms with Crippen molar-refractivity contribution in [1.29, 1.82) is 0 Å². The largest absolute Gasteiger partial charge is 0.357 e. The fourth-order valence-electron chi connectivity index (χ4n) is 2.35. The van der Waals surface area contributed by atoms with Gasteiger partial charge in [0.15, 0.2) is 21.6 Å². The third kappa shape index (κ3) is 3.40. The van der Waals surface area contributed by atoms with Gasteiger partial charge in [-0.2, -0.15) is 0 Å². The van der Waals surface area contributed by atoms with Crippen LogP contribution >= 0.6 is 0 Å². The van der Waals surface area contributed by atoms with Crippen LogP contribution in [-0.4, -0.2) is 64.2 Å². The van der Waals surface area contributed by atoms with E-state index in [1.807, 2.05) is 23.4 Å². The summed E-state index contributed by atoms with van der Waals surface area (Å²) in [5, 5.41) is 11.1. The van der Waals surface area contributed by atoms with Crippen molar-refractivity contribution < 1.29 is 8.42 Å². The molecule has 1 N–H and O–H groups in total. The second-order valence-electron chi connectivity index (χ2n) is 6.03. The molecule has 1 fully saturated rings. The summed E-state index contributed by atoms with van der Waals surface area (Å²) in [7, 11) is -1.19. The van der Waals surface area contributed by atoms with Gasteiger partial charge in [0.1, 0.15) is 12.9 Å². The van der Waals surface area contributed by atoms with Crippen LogP contribution in [0.1, 0.15) is 26.6 Å². The Morgan fingerprint density at radius 2 is 2.23 bits per heavy atom. The number of aromatic nitrogens is 3. The van der Waals surface area contributed by atoms with Crippen molar-refractivity contribution in [3.63, 3.8) is 0 Å². The highest BCUT2D eigenvalue weighted by molar-refractivity contribution is 7.92. The van der Waals surface area contributed by atoms with Gasteiger partial charge in [-0.1, -0.05) is 0 Å². The van der Waals surface area contributed by atoms with Crippen LogP contribution in [0.3, 0.4) is 0 Å². The molecular formula is C13H24N6O2S. The fraction of sp³-hybridized carbons (Fsp3) is 0.769. The van der Waals surface area contributed by atoms with E-state index in [-0.39, 0.29) is 5.75 Å². The van der Waals surface area contributed by atoms with Crippen molar-refractivity contribution in [3.05, 3.63) is 12.2 Å². The van der Waals surface area contributed by atoms with Gasteiger partial charge in [0, 0.05) is 26.7 Å². The summed E-state index contributed by atoms with van der Waals surface area (Å²) in [6.07, 6.45) is 1.63. The highest BCUT2D eigenvalue weighted by Gasteiger charge is 2.40. The maximum atomic E-state index is 12.1.